The van der Waals surface area contributed by atoms with E-state index >= 15 is 0 Å². The summed E-state index contributed by atoms with van der Waals surface area (Å²) in [4.78, 5) is 11.1. The van der Waals surface area contributed by atoms with Crippen LogP contribution in [0.5, 0.6) is 0 Å². The standard InChI is InChI=1S/C14H18N4S/c1-4-18(11-8-6-5-7-9-11)13-10-12(15-2)16-14(17-13)19-3/h5-10H,4H2,1-3H3,(H,15,16,17). The Kier molecular flexibility index (Phi) is 4.63. The Balaban J connectivity index is 2.43. The highest BCUT2D eigenvalue weighted by atomic mass is 32.2. The first-order chi connectivity index (χ1) is 9.28. The molecule has 0 saturated heterocycles. The Morgan fingerprint density at radius 3 is 2.53 bits per heavy atom. The molecule has 0 atom stereocenters. The van der Waals surface area contributed by atoms with Gasteiger partial charge < -0.3 is 10.2 Å². The van der Waals surface area contributed by atoms with Gasteiger partial charge in [-0.1, -0.05) is 30.0 Å². The van der Waals surface area contributed by atoms with E-state index in [9.17, 15) is 0 Å². The van der Waals surface area contributed by atoms with E-state index in [4.69, 9.17) is 0 Å². The van der Waals surface area contributed by atoms with Crippen molar-refractivity contribution in [1.82, 2.24) is 9.97 Å². The number of rotatable bonds is 5. The number of thioether (sulfide) groups is 1. The highest BCUT2D eigenvalue weighted by Gasteiger charge is 2.11. The minimum Gasteiger partial charge on any atom is -0.373 e. The summed E-state index contributed by atoms with van der Waals surface area (Å²) in [5, 5.41) is 3.86. The first kappa shape index (κ1) is 13.7. The molecule has 0 radical (unpaired) electrons. The molecule has 0 bridgehead atoms. The highest BCUT2D eigenvalue weighted by molar-refractivity contribution is 7.98. The zero-order valence-electron chi connectivity index (χ0n) is 11.4. The first-order valence-corrected chi connectivity index (χ1v) is 7.44. The average molecular weight is 274 g/mol. The van der Waals surface area contributed by atoms with Gasteiger partial charge in [0.15, 0.2) is 5.16 Å². The number of nitrogens with one attached hydrogen (secondary N) is 1. The summed E-state index contributed by atoms with van der Waals surface area (Å²) in [5.74, 6) is 1.75. The molecular formula is C14H18N4S. The van der Waals surface area contributed by atoms with Gasteiger partial charge in [-0.3, -0.25) is 0 Å². The number of benzene rings is 1. The molecule has 0 spiro atoms. The minimum absolute atomic E-state index is 0.774. The predicted octanol–water partition coefficient (Wildman–Crippen LogP) is 3.40. The van der Waals surface area contributed by atoms with E-state index in [0.717, 1.165) is 29.0 Å². The Morgan fingerprint density at radius 1 is 1.21 bits per heavy atom. The summed E-state index contributed by atoms with van der Waals surface area (Å²) in [5.41, 5.74) is 1.14. The van der Waals surface area contributed by atoms with Crippen molar-refractivity contribution >= 4 is 29.1 Å². The van der Waals surface area contributed by atoms with Gasteiger partial charge in [0, 0.05) is 25.3 Å². The Hall–Kier alpha value is -1.75. The fraction of sp³-hybridized carbons (Fsp3) is 0.286. The molecule has 0 amide bonds. The molecule has 2 aromatic rings. The summed E-state index contributed by atoms with van der Waals surface area (Å²) in [6, 6.07) is 12.2. The van der Waals surface area contributed by atoms with Crippen LogP contribution in [0.25, 0.3) is 0 Å². The normalized spacial score (nSPS) is 10.3. The van der Waals surface area contributed by atoms with E-state index in [1.165, 1.54) is 0 Å². The van der Waals surface area contributed by atoms with Crippen LogP contribution in [0.1, 0.15) is 6.92 Å². The number of para-hydroxylation sites is 1. The van der Waals surface area contributed by atoms with E-state index in [2.05, 4.69) is 39.2 Å². The van der Waals surface area contributed by atoms with Crippen LogP contribution in [-0.4, -0.2) is 29.8 Å². The van der Waals surface area contributed by atoms with Crippen LogP contribution >= 0.6 is 11.8 Å². The fourth-order valence-corrected chi connectivity index (χ4v) is 2.23. The number of hydrogen-bond acceptors (Lipinski definition) is 5. The molecule has 1 aromatic heterocycles. The predicted molar refractivity (Wildman–Crippen MR) is 82.5 cm³/mol. The third-order valence-electron chi connectivity index (χ3n) is 2.79. The SMILES string of the molecule is CCN(c1ccccc1)c1cc(NC)nc(SC)n1. The van der Waals surface area contributed by atoms with Crippen molar-refractivity contribution in [3.05, 3.63) is 36.4 Å². The highest BCUT2D eigenvalue weighted by Crippen LogP contribution is 2.26. The lowest BCUT2D eigenvalue weighted by atomic mass is 10.3. The summed E-state index contributed by atoms with van der Waals surface area (Å²) in [6.45, 7) is 2.98. The average Bonchev–Trinajstić information content (AvgIpc) is 2.48. The molecule has 100 valence electrons. The van der Waals surface area contributed by atoms with Crippen molar-refractivity contribution < 1.29 is 0 Å². The summed E-state index contributed by atoms with van der Waals surface area (Å²) in [6.07, 6.45) is 1.98. The quantitative estimate of drug-likeness (QED) is 0.668. The van der Waals surface area contributed by atoms with E-state index in [1.807, 2.05) is 37.6 Å². The molecule has 19 heavy (non-hydrogen) atoms. The van der Waals surface area contributed by atoms with Crippen molar-refractivity contribution in [3.63, 3.8) is 0 Å². The van der Waals surface area contributed by atoms with Gasteiger partial charge in [0.05, 0.1) is 0 Å². The molecule has 1 heterocycles. The van der Waals surface area contributed by atoms with Crippen molar-refractivity contribution in [2.45, 2.75) is 12.1 Å². The van der Waals surface area contributed by atoms with Gasteiger partial charge in [0.25, 0.3) is 0 Å². The minimum atomic E-state index is 0.774. The van der Waals surface area contributed by atoms with E-state index in [1.54, 1.807) is 11.8 Å². The number of nitrogens with zero attached hydrogens (tertiary/aromatic N) is 3. The molecule has 2 rings (SSSR count). The van der Waals surface area contributed by atoms with Crippen molar-refractivity contribution in [3.8, 4) is 0 Å². The Morgan fingerprint density at radius 2 is 1.95 bits per heavy atom. The maximum atomic E-state index is 4.59. The monoisotopic (exact) mass is 274 g/mol. The second-order valence-corrected chi connectivity index (χ2v) is 4.70. The van der Waals surface area contributed by atoms with Crippen LogP contribution in [0.3, 0.4) is 0 Å². The molecule has 0 aliphatic heterocycles. The van der Waals surface area contributed by atoms with Gasteiger partial charge in [-0.05, 0) is 25.3 Å². The van der Waals surface area contributed by atoms with E-state index in [-0.39, 0.29) is 0 Å². The molecule has 0 unspecified atom stereocenters. The third kappa shape index (κ3) is 3.17. The van der Waals surface area contributed by atoms with Crippen LogP contribution in [0, 0.1) is 0 Å². The molecule has 0 fully saturated rings. The molecule has 1 aromatic carbocycles. The second kappa shape index (κ2) is 6.43. The number of hydrogen-bond donors (Lipinski definition) is 1. The Bertz CT molecular complexity index is 508. The first-order valence-electron chi connectivity index (χ1n) is 6.22. The molecular weight excluding hydrogens is 256 g/mol. The molecule has 0 saturated carbocycles. The van der Waals surface area contributed by atoms with Crippen LogP contribution in [-0.2, 0) is 0 Å². The van der Waals surface area contributed by atoms with Gasteiger partial charge >= 0.3 is 0 Å². The topological polar surface area (TPSA) is 41.0 Å². The van der Waals surface area contributed by atoms with Crippen LogP contribution in [0.4, 0.5) is 17.3 Å². The Labute approximate surface area is 118 Å². The van der Waals surface area contributed by atoms with Crippen LogP contribution in [0.2, 0.25) is 0 Å². The van der Waals surface area contributed by atoms with Gasteiger partial charge in [-0.2, -0.15) is 0 Å². The van der Waals surface area contributed by atoms with Gasteiger partial charge in [0.1, 0.15) is 11.6 Å². The third-order valence-corrected chi connectivity index (χ3v) is 3.34. The van der Waals surface area contributed by atoms with Crippen LogP contribution in [0.15, 0.2) is 41.6 Å². The van der Waals surface area contributed by atoms with E-state index in [0.29, 0.717) is 0 Å². The fourth-order valence-electron chi connectivity index (χ4n) is 1.86. The van der Waals surface area contributed by atoms with Crippen molar-refractivity contribution in [2.24, 2.45) is 0 Å². The zero-order valence-corrected chi connectivity index (χ0v) is 12.2. The maximum Gasteiger partial charge on any atom is 0.191 e. The van der Waals surface area contributed by atoms with Crippen LogP contribution < -0.4 is 10.2 Å². The summed E-state index contributed by atoms with van der Waals surface area (Å²) < 4.78 is 0. The molecule has 5 heteroatoms. The van der Waals surface area contributed by atoms with Gasteiger partial charge in [0.2, 0.25) is 0 Å². The number of anilines is 3. The molecule has 4 nitrogen and oxygen atoms in total. The van der Waals surface area contributed by atoms with E-state index < -0.39 is 0 Å². The van der Waals surface area contributed by atoms with Gasteiger partial charge in [-0.25, -0.2) is 9.97 Å². The summed E-state index contributed by atoms with van der Waals surface area (Å²) >= 11 is 1.55. The lowest BCUT2D eigenvalue weighted by molar-refractivity contribution is 0.912. The molecule has 0 aliphatic carbocycles. The largest absolute Gasteiger partial charge is 0.373 e. The summed E-state index contributed by atoms with van der Waals surface area (Å²) in [7, 11) is 1.87. The molecule has 1 N–H and O–H groups in total. The maximum absolute atomic E-state index is 4.59. The lowest BCUT2D eigenvalue weighted by Gasteiger charge is -2.22. The van der Waals surface area contributed by atoms with Crippen molar-refractivity contribution in [1.29, 1.82) is 0 Å². The number of aromatic nitrogens is 2. The smallest absolute Gasteiger partial charge is 0.191 e. The van der Waals surface area contributed by atoms with Gasteiger partial charge in [-0.15, -0.1) is 0 Å². The zero-order chi connectivity index (χ0) is 13.7. The molecule has 0 aliphatic rings. The van der Waals surface area contributed by atoms with Crippen molar-refractivity contribution in [2.75, 3.05) is 30.1 Å². The lowest BCUT2D eigenvalue weighted by Crippen LogP contribution is -2.18. The second-order valence-electron chi connectivity index (χ2n) is 3.93.